The molecule has 0 radical (unpaired) electrons. The standard InChI is InChI=1S/C6H6N2OS/c9-8-2-1-6-5(4-8)3-7-10-6/h1,3-4,9H,2H2. The van der Waals surface area contributed by atoms with Crippen LogP contribution >= 0.6 is 11.5 Å². The number of nitrogens with zero attached hydrogens (tertiary/aromatic N) is 2. The molecule has 1 aliphatic heterocycles. The van der Waals surface area contributed by atoms with E-state index in [9.17, 15) is 0 Å². The van der Waals surface area contributed by atoms with Gasteiger partial charge in [0.2, 0.25) is 0 Å². The summed E-state index contributed by atoms with van der Waals surface area (Å²) in [5.74, 6) is 0. The minimum Gasteiger partial charge on any atom is -0.289 e. The van der Waals surface area contributed by atoms with Gasteiger partial charge in [0.1, 0.15) is 0 Å². The molecule has 0 unspecified atom stereocenters. The Hall–Kier alpha value is -0.870. The van der Waals surface area contributed by atoms with Crippen LogP contribution in [0.5, 0.6) is 0 Å². The highest BCUT2D eigenvalue weighted by molar-refractivity contribution is 7.03. The lowest BCUT2D eigenvalue weighted by Gasteiger charge is -2.09. The number of hydrogen-bond donors (Lipinski definition) is 1. The molecule has 2 heterocycles. The van der Waals surface area contributed by atoms with Gasteiger partial charge >= 0.3 is 0 Å². The Labute approximate surface area is 61.7 Å². The lowest BCUT2D eigenvalue weighted by atomic mass is 10.4. The molecule has 0 bridgehead atoms. The summed E-state index contributed by atoms with van der Waals surface area (Å²) >= 11 is 1.45. The van der Waals surface area contributed by atoms with Gasteiger partial charge in [0.15, 0.2) is 0 Å². The Balaban J connectivity index is 2.73. The lowest BCUT2D eigenvalue weighted by molar-refractivity contribution is -0.00615. The molecule has 0 spiro atoms. The first kappa shape index (κ1) is 5.88. The SMILES string of the molecule is ON1C=c2cnsc2=CC1. The third kappa shape index (κ3) is 0.815. The fourth-order valence-electron chi connectivity index (χ4n) is 0.898. The minimum absolute atomic E-state index is 0.565. The average molecular weight is 154 g/mol. The molecule has 3 nitrogen and oxygen atoms in total. The molecule has 0 aliphatic carbocycles. The maximum absolute atomic E-state index is 9.00. The highest BCUT2D eigenvalue weighted by atomic mass is 32.1. The molecule has 0 aromatic carbocycles. The molecule has 0 saturated carbocycles. The van der Waals surface area contributed by atoms with Crippen LogP contribution in [0.15, 0.2) is 6.20 Å². The number of hydroxylamine groups is 2. The smallest absolute Gasteiger partial charge is 0.0645 e. The molecule has 10 heavy (non-hydrogen) atoms. The van der Waals surface area contributed by atoms with E-state index in [0.717, 1.165) is 14.8 Å². The van der Waals surface area contributed by atoms with Crippen molar-refractivity contribution >= 4 is 23.8 Å². The van der Waals surface area contributed by atoms with Crippen molar-refractivity contribution in [2.75, 3.05) is 6.54 Å². The van der Waals surface area contributed by atoms with Crippen molar-refractivity contribution in [1.82, 2.24) is 9.44 Å². The number of fused-ring (bicyclic) bond motifs is 1. The Bertz CT molecular complexity index is 343. The van der Waals surface area contributed by atoms with E-state index in [4.69, 9.17) is 5.21 Å². The van der Waals surface area contributed by atoms with Crippen molar-refractivity contribution in [3.8, 4) is 0 Å². The molecule has 2 rings (SSSR count). The van der Waals surface area contributed by atoms with Crippen LogP contribution in [0.1, 0.15) is 0 Å². The van der Waals surface area contributed by atoms with E-state index in [2.05, 4.69) is 4.37 Å². The molecule has 0 saturated heterocycles. The van der Waals surface area contributed by atoms with E-state index in [1.165, 1.54) is 11.5 Å². The van der Waals surface area contributed by atoms with Crippen LogP contribution in [0.4, 0.5) is 0 Å². The molecule has 0 amide bonds. The molecule has 0 atom stereocenters. The normalized spacial score (nSPS) is 15.5. The van der Waals surface area contributed by atoms with Crippen LogP contribution in [0.3, 0.4) is 0 Å². The summed E-state index contributed by atoms with van der Waals surface area (Å²) in [5, 5.41) is 11.1. The van der Waals surface area contributed by atoms with Gasteiger partial charge < -0.3 is 0 Å². The largest absolute Gasteiger partial charge is 0.289 e. The number of hydrogen-bond acceptors (Lipinski definition) is 4. The fraction of sp³-hybridized carbons (Fsp3) is 0.167. The van der Waals surface area contributed by atoms with Crippen molar-refractivity contribution in [3.05, 3.63) is 15.9 Å². The zero-order valence-electron chi connectivity index (χ0n) is 5.19. The summed E-state index contributed by atoms with van der Waals surface area (Å²) < 4.78 is 5.12. The summed E-state index contributed by atoms with van der Waals surface area (Å²) in [6.45, 7) is 0.565. The van der Waals surface area contributed by atoms with Crippen molar-refractivity contribution in [2.45, 2.75) is 0 Å². The zero-order chi connectivity index (χ0) is 6.97. The second-order valence-corrected chi connectivity index (χ2v) is 2.93. The highest BCUT2D eigenvalue weighted by Crippen LogP contribution is 1.87. The minimum atomic E-state index is 0.565. The van der Waals surface area contributed by atoms with Crippen LogP contribution in [0.2, 0.25) is 0 Å². The van der Waals surface area contributed by atoms with E-state index in [1.54, 1.807) is 12.4 Å². The van der Waals surface area contributed by atoms with E-state index in [0.29, 0.717) is 6.54 Å². The highest BCUT2D eigenvalue weighted by Gasteiger charge is 1.98. The van der Waals surface area contributed by atoms with Gasteiger partial charge in [0.05, 0.1) is 17.3 Å². The topological polar surface area (TPSA) is 36.4 Å². The van der Waals surface area contributed by atoms with Crippen LogP contribution in [0.25, 0.3) is 12.3 Å². The Kier molecular flexibility index (Phi) is 1.22. The van der Waals surface area contributed by atoms with Crippen molar-refractivity contribution in [3.63, 3.8) is 0 Å². The molecular weight excluding hydrogens is 148 g/mol. The lowest BCUT2D eigenvalue weighted by Crippen LogP contribution is -2.30. The predicted octanol–water partition coefficient (Wildman–Crippen LogP) is -0.634. The third-order valence-electron chi connectivity index (χ3n) is 1.38. The summed E-state index contributed by atoms with van der Waals surface area (Å²) in [6.07, 6.45) is 5.38. The van der Waals surface area contributed by atoms with Gasteiger partial charge in [-0.3, -0.25) is 10.3 Å². The number of aromatic nitrogens is 1. The monoisotopic (exact) mass is 154 g/mol. The summed E-state index contributed by atoms with van der Waals surface area (Å²) in [7, 11) is 0. The summed E-state index contributed by atoms with van der Waals surface area (Å²) in [4.78, 5) is 0. The Morgan fingerprint density at radius 2 is 2.60 bits per heavy atom. The summed E-state index contributed by atoms with van der Waals surface area (Å²) in [6, 6.07) is 0. The quantitative estimate of drug-likeness (QED) is 0.540. The fourth-order valence-corrected chi connectivity index (χ4v) is 1.54. The molecule has 4 heteroatoms. The Morgan fingerprint density at radius 3 is 3.50 bits per heavy atom. The second-order valence-electron chi connectivity index (χ2n) is 2.10. The van der Waals surface area contributed by atoms with Gasteiger partial charge in [-0.25, -0.2) is 0 Å². The summed E-state index contributed by atoms with van der Waals surface area (Å²) in [5.41, 5.74) is 0. The van der Waals surface area contributed by atoms with Crippen molar-refractivity contribution in [2.24, 2.45) is 0 Å². The van der Waals surface area contributed by atoms with E-state index in [-0.39, 0.29) is 0 Å². The van der Waals surface area contributed by atoms with Gasteiger partial charge in [-0.15, -0.1) is 0 Å². The second kappa shape index (κ2) is 2.07. The molecule has 1 N–H and O–H groups in total. The first-order valence-electron chi connectivity index (χ1n) is 2.94. The third-order valence-corrected chi connectivity index (χ3v) is 2.19. The van der Waals surface area contributed by atoms with Crippen molar-refractivity contribution in [1.29, 1.82) is 0 Å². The van der Waals surface area contributed by atoms with E-state index < -0.39 is 0 Å². The van der Waals surface area contributed by atoms with Crippen LogP contribution in [-0.4, -0.2) is 21.2 Å². The van der Waals surface area contributed by atoms with Crippen LogP contribution < -0.4 is 9.75 Å². The van der Waals surface area contributed by atoms with Gasteiger partial charge in [-0.1, -0.05) is 0 Å². The molecule has 1 aromatic heterocycles. The molecule has 52 valence electrons. The van der Waals surface area contributed by atoms with Gasteiger partial charge in [0.25, 0.3) is 0 Å². The van der Waals surface area contributed by atoms with Gasteiger partial charge in [0, 0.05) is 11.4 Å². The first-order valence-corrected chi connectivity index (χ1v) is 3.72. The van der Waals surface area contributed by atoms with Crippen LogP contribution in [-0.2, 0) is 0 Å². The van der Waals surface area contributed by atoms with Gasteiger partial charge in [-0.05, 0) is 17.6 Å². The van der Waals surface area contributed by atoms with Crippen molar-refractivity contribution < 1.29 is 5.21 Å². The predicted molar refractivity (Wildman–Crippen MR) is 38.8 cm³/mol. The molecule has 1 aromatic rings. The maximum Gasteiger partial charge on any atom is 0.0645 e. The molecular formula is C6H6N2OS. The van der Waals surface area contributed by atoms with Crippen LogP contribution in [0, 0.1) is 0 Å². The molecule has 1 aliphatic rings. The average Bonchev–Trinajstić information content (AvgIpc) is 2.33. The zero-order valence-corrected chi connectivity index (χ0v) is 6.01. The van der Waals surface area contributed by atoms with E-state index in [1.807, 2.05) is 6.08 Å². The van der Waals surface area contributed by atoms with E-state index >= 15 is 0 Å². The molecule has 0 fully saturated rings. The Morgan fingerprint density at radius 1 is 1.70 bits per heavy atom. The first-order chi connectivity index (χ1) is 4.86. The van der Waals surface area contributed by atoms with Gasteiger partial charge in [-0.2, -0.15) is 4.37 Å². The number of rotatable bonds is 0. The maximum atomic E-state index is 9.00.